The van der Waals surface area contributed by atoms with E-state index in [-0.39, 0.29) is 11.9 Å². The number of amides is 3. The monoisotopic (exact) mass is 309 g/mol. The van der Waals surface area contributed by atoms with Gasteiger partial charge in [0.05, 0.1) is 0 Å². The standard InChI is InChI=1S/C18H19N3O2/c1-3-9-20-12-13(14-7-5-6-8-16(14)20)11-15-17(22)21(10-4-2)18(23)19-15/h3,5-8,11-12H,1,4,9-10H2,2H3,(H,19,23)/b15-11+. The maximum atomic E-state index is 12.3. The topological polar surface area (TPSA) is 54.3 Å². The first-order valence-electron chi connectivity index (χ1n) is 7.69. The highest BCUT2D eigenvalue weighted by Gasteiger charge is 2.32. The van der Waals surface area contributed by atoms with E-state index in [1.165, 1.54) is 4.90 Å². The molecule has 1 aromatic heterocycles. The number of carbonyl (C=O) groups excluding carboxylic acids is 2. The molecule has 0 radical (unpaired) electrons. The van der Waals surface area contributed by atoms with Crippen molar-refractivity contribution >= 4 is 28.9 Å². The van der Waals surface area contributed by atoms with E-state index in [9.17, 15) is 9.59 Å². The molecule has 0 saturated carbocycles. The van der Waals surface area contributed by atoms with Crippen LogP contribution < -0.4 is 5.32 Å². The third-order valence-electron chi connectivity index (χ3n) is 3.85. The summed E-state index contributed by atoms with van der Waals surface area (Å²) in [7, 11) is 0. The van der Waals surface area contributed by atoms with Crippen molar-refractivity contribution in [2.75, 3.05) is 6.54 Å². The van der Waals surface area contributed by atoms with Gasteiger partial charge < -0.3 is 9.88 Å². The van der Waals surface area contributed by atoms with Crippen LogP contribution in [0.25, 0.3) is 17.0 Å². The molecule has 5 heteroatoms. The van der Waals surface area contributed by atoms with E-state index in [4.69, 9.17) is 0 Å². The van der Waals surface area contributed by atoms with Gasteiger partial charge in [-0.3, -0.25) is 9.69 Å². The number of carbonyl (C=O) groups is 2. The molecule has 3 rings (SSSR count). The van der Waals surface area contributed by atoms with Crippen LogP contribution in [-0.2, 0) is 11.3 Å². The Labute approximate surface area is 134 Å². The highest BCUT2D eigenvalue weighted by atomic mass is 16.2. The molecule has 5 nitrogen and oxygen atoms in total. The van der Waals surface area contributed by atoms with E-state index >= 15 is 0 Å². The van der Waals surface area contributed by atoms with Gasteiger partial charge in [-0.2, -0.15) is 0 Å². The lowest BCUT2D eigenvalue weighted by atomic mass is 10.1. The van der Waals surface area contributed by atoms with E-state index in [1.807, 2.05) is 43.5 Å². The zero-order valence-electron chi connectivity index (χ0n) is 13.1. The van der Waals surface area contributed by atoms with Crippen LogP contribution >= 0.6 is 0 Å². The molecule has 1 saturated heterocycles. The highest BCUT2D eigenvalue weighted by molar-refractivity contribution is 6.14. The molecule has 1 aliphatic heterocycles. The Bertz CT molecular complexity index is 817. The number of urea groups is 1. The van der Waals surface area contributed by atoms with Gasteiger partial charge in [0.15, 0.2) is 0 Å². The quantitative estimate of drug-likeness (QED) is 0.524. The Morgan fingerprint density at radius 2 is 2.04 bits per heavy atom. The second kappa shape index (κ2) is 6.12. The van der Waals surface area contributed by atoms with Crippen LogP contribution in [0.3, 0.4) is 0 Å². The number of benzene rings is 1. The van der Waals surface area contributed by atoms with E-state index < -0.39 is 0 Å². The fraction of sp³-hybridized carbons (Fsp3) is 0.222. The highest BCUT2D eigenvalue weighted by Crippen LogP contribution is 2.24. The molecular formula is C18H19N3O2. The third kappa shape index (κ3) is 2.65. The number of allylic oxidation sites excluding steroid dienone is 1. The second-order valence-corrected chi connectivity index (χ2v) is 5.49. The van der Waals surface area contributed by atoms with Gasteiger partial charge in [-0.15, -0.1) is 6.58 Å². The van der Waals surface area contributed by atoms with E-state index in [2.05, 4.69) is 16.5 Å². The smallest absolute Gasteiger partial charge is 0.329 e. The van der Waals surface area contributed by atoms with Crippen LogP contribution in [0.4, 0.5) is 4.79 Å². The van der Waals surface area contributed by atoms with E-state index in [0.29, 0.717) is 18.8 Å². The minimum absolute atomic E-state index is 0.266. The lowest BCUT2D eigenvalue weighted by molar-refractivity contribution is -0.122. The van der Waals surface area contributed by atoms with E-state index in [0.717, 1.165) is 22.9 Å². The second-order valence-electron chi connectivity index (χ2n) is 5.49. The van der Waals surface area contributed by atoms with Crippen molar-refractivity contribution < 1.29 is 9.59 Å². The normalized spacial score (nSPS) is 16.4. The largest absolute Gasteiger partial charge is 0.343 e. The molecule has 23 heavy (non-hydrogen) atoms. The number of hydrogen-bond acceptors (Lipinski definition) is 2. The molecular weight excluding hydrogens is 290 g/mol. The molecule has 0 spiro atoms. The summed E-state index contributed by atoms with van der Waals surface area (Å²) in [6.45, 7) is 6.83. The van der Waals surface area contributed by atoms with Crippen molar-refractivity contribution in [2.24, 2.45) is 0 Å². The average Bonchev–Trinajstić information content (AvgIpc) is 3.02. The fourth-order valence-corrected chi connectivity index (χ4v) is 2.83. The van der Waals surface area contributed by atoms with Gasteiger partial charge in [-0.1, -0.05) is 31.2 Å². The van der Waals surface area contributed by atoms with Crippen LogP contribution in [0.5, 0.6) is 0 Å². The van der Waals surface area contributed by atoms with Gasteiger partial charge in [0.25, 0.3) is 5.91 Å². The molecule has 1 N–H and O–H groups in total. The molecule has 2 heterocycles. The number of imide groups is 1. The first-order chi connectivity index (χ1) is 11.2. The predicted molar refractivity (Wildman–Crippen MR) is 90.6 cm³/mol. The SMILES string of the molecule is C=CCn1cc(/C=C2/NC(=O)N(CCC)C2=O)c2ccccc21. The number of nitrogens with zero attached hydrogens (tertiary/aromatic N) is 2. The van der Waals surface area contributed by atoms with Gasteiger partial charge in [0.2, 0.25) is 0 Å². The predicted octanol–water partition coefficient (Wildman–Crippen LogP) is 3.13. The molecule has 1 aliphatic rings. The minimum atomic E-state index is -0.349. The molecule has 1 fully saturated rings. The molecule has 0 atom stereocenters. The number of nitrogens with one attached hydrogen (secondary N) is 1. The van der Waals surface area contributed by atoms with Crippen molar-refractivity contribution in [1.29, 1.82) is 0 Å². The Balaban J connectivity index is 2.03. The maximum absolute atomic E-state index is 12.3. The van der Waals surface area contributed by atoms with E-state index in [1.54, 1.807) is 6.08 Å². The first-order valence-corrected chi connectivity index (χ1v) is 7.69. The lowest BCUT2D eigenvalue weighted by Crippen LogP contribution is -2.31. The summed E-state index contributed by atoms with van der Waals surface area (Å²) in [5.74, 6) is -0.266. The molecule has 0 unspecified atom stereocenters. The first kappa shape index (κ1) is 15.1. The summed E-state index contributed by atoms with van der Waals surface area (Å²) in [6.07, 6.45) is 6.29. The van der Waals surface area contributed by atoms with Gasteiger partial charge in [-0.25, -0.2) is 4.79 Å². The fourth-order valence-electron chi connectivity index (χ4n) is 2.83. The van der Waals surface area contributed by atoms with Gasteiger partial charge in [-0.05, 0) is 18.6 Å². The van der Waals surface area contributed by atoms with Crippen LogP contribution in [-0.4, -0.2) is 28.0 Å². The molecule has 0 bridgehead atoms. The molecule has 2 aromatic rings. The number of aromatic nitrogens is 1. The van der Waals surface area contributed by atoms with Crippen LogP contribution in [0, 0.1) is 0 Å². The number of fused-ring (bicyclic) bond motifs is 1. The van der Waals surface area contributed by atoms with Crippen LogP contribution in [0.2, 0.25) is 0 Å². The summed E-state index contributed by atoms with van der Waals surface area (Å²) in [6, 6.07) is 7.62. The molecule has 118 valence electrons. The zero-order valence-corrected chi connectivity index (χ0v) is 13.1. The number of para-hydroxylation sites is 1. The number of rotatable bonds is 5. The van der Waals surface area contributed by atoms with Crippen molar-refractivity contribution in [2.45, 2.75) is 19.9 Å². The molecule has 0 aliphatic carbocycles. The minimum Gasteiger partial charge on any atom is -0.343 e. The van der Waals surface area contributed by atoms with Gasteiger partial charge in [0, 0.05) is 35.8 Å². The van der Waals surface area contributed by atoms with Crippen molar-refractivity contribution in [3.8, 4) is 0 Å². The summed E-state index contributed by atoms with van der Waals surface area (Å²) in [5, 5.41) is 3.70. The lowest BCUT2D eigenvalue weighted by Gasteiger charge is -2.08. The van der Waals surface area contributed by atoms with Gasteiger partial charge in [0.1, 0.15) is 5.70 Å². The number of hydrogen-bond donors (Lipinski definition) is 1. The van der Waals surface area contributed by atoms with Gasteiger partial charge >= 0.3 is 6.03 Å². The summed E-state index contributed by atoms with van der Waals surface area (Å²) in [5.41, 5.74) is 2.30. The molecule has 1 aromatic carbocycles. The third-order valence-corrected chi connectivity index (χ3v) is 3.85. The van der Waals surface area contributed by atoms with Crippen LogP contribution in [0.1, 0.15) is 18.9 Å². The van der Waals surface area contributed by atoms with Crippen molar-refractivity contribution in [1.82, 2.24) is 14.8 Å². The Morgan fingerprint density at radius 3 is 2.78 bits per heavy atom. The summed E-state index contributed by atoms with van der Waals surface area (Å²) in [4.78, 5) is 25.5. The van der Waals surface area contributed by atoms with Crippen LogP contribution in [0.15, 0.2) is 48.8 Å². The summed E-state index contributed by atoms with van der Waals surface area (Å²) < 4.78 is 2.07. The average molecular weight is 309 g/mol. The summed E-state index contributed by atoms with van der Waals surface area (Å²) >= 11 is 0. The Morgan fingerprint density at radius 1 is 1.26 bits per heavy atom. The Hall–Kier alpha value is -2.82. The molecule has 3 amide bonds. The maximum Gasteiger partial charge on any atom is 0.329 e. The zero-order chi connectivity index (χ0) is 16.4. The van der Waals surface area contributed by atoms with Crippen molar-refractivity contribution in [3.05, 3.63) is 54.4 Å². The van der Waals surface area contributed by atoms with Crippen molar-refractivity contribution in [3.63, 3.8) is 0 Å². The Kier molecular flexibility index (Phi) is 4.02.